The molecular formula is C20H33N5O. The third-order valence-electron chi connectivity index (χ3n) is 4.39. The Morgan fingerprint density at radius 2 is 1.96 bits per heavy atom. The summed E-state index contributed by atoms with van der Waals surface area (Å²) in [6.07, 6.45) is 2.40. The van der Waals surface area contributed by atoms with Crippen molar-refractivity contribution in [2.75, 3.05) is 26.7 Å². The number of nitrogens with one attached hydrogen (secondary N) is 3. The van der Waals surface area contributed by atoms with Crippen LogP contribution in [0.4, 0.5) is 0 Å². The number of likely N-dealkylation sites (tertiary alicyclic amines) is 1. The van der Waals surface area contributed by atoms with Crippen LogP contribution in [0.3, 0.4) is 0 Å². The van der Waals surface area contributed by atoms with Gasteiger partial charge in [0.05, 0.1) is 6.54 Å². The average Bonchev–Trinajstić information content (AvgIpc) is 3.01. The minimum atomic E-state index is -0.225. The molecule has 1 aliphatic rings. The minimum absolute atomic E-state index is 0.0352. The van der Waals surface area contributed by atoms with Crippen LogP contribution in [-0.4, -0.2) is 55.0 Å². The Morgan fingerprint density at radius 1 is 1.23 bits per heavy atom. The van der Waals surface area contributed by atoms with Crippen LogP contribution in [0.15, 0.2) is 35.3 Å². The highest BCUT2D eigenvalue weighted by molar-refractivity contribution is 5.86. The Labute approximate surface area is 157 Å². The van der Waals surface area contributed by atoms with Crippen molar-refractivity contribution in [3.63, 3.8) is 0 Å². The lowest BCUT2D eigenvalue weighted by Crippen LogP contribution is -2.49. The van der Waals surface area contributed by atoms with Gasteiger partial charge in [0.25, 0.3) is 0 Å². The van der Waals surface area contributed by atoms with Crippen molar-refractivity contribution in [1.82, 2.24) is 20.9 Å². The maximum absolute atomic E-state index is 11.9. The van der Waals surface area contributed by atoms with E-state index < -0.39 is 0 Å². The molecule has 1 saturated heterocycles. The van der Waals surface area contributed by atoms with Crippen LogP contribution in [0.2, 0.25) is 0 Å². The minimum Gasteiger partial charge on any atom is -0.355 e. The van der Waals surface area contributed by atoms with E-state index in [9.17, 15) is 4.79 Å². The summed E-state index contributed by atoms with van der Waals surface area (Å²) >= 11 is 0. The zero-order chi connectivity index (χ0) is 19.0. The van der Waals surface area contributed by atoms with Crippen molar-refractivity contribution >= 4 is 11.9 Å². The largest absolute Gasteiger partial charge is 0.355 e. The predicted molar refractivity (Wildman–Crippen MR) is 107 cm³/mol. The van der Waals surface area contributed by atoms with Gasteiger partial charge in [-0.2, -0.15) is 0 Å². The van der Waals surface area contributed by atoms with E-state index in [0.29, 0.717) is 12.0 Å². The Hall–Kier alpha value is -2.08. The second-order valence-electron chi connectivity index (χ2n) is 7.86. The summed E-state index contributed by atoms with van der Waals surface area (Å²) in [6, 6.07) is 11.1. The number of hydrogen-bond donors (Lipinski definition) is 3. The van der Waals surface area contributed by atoms with Gasteiger partial charge in [0.15, 0.2) is 5.96 Å². The second-order valence-corrected chi connectivity index (χ2v) is 7.86. The number of aliphatic imine (C=N–C) groups is 1. The number of hydrogen-bond acceptors (Lipinski definition) is 3. The lowest BCUT2D eigenvalue weighted by atomic mass is 10.1. The fraction of sp³-hybridized carbons (Fsp3) is 0.600. The molecule has 1 fully saturated rings. The average molecular weight is 360 g/mol. The van der Waals surface area contributed by atoms with Crippen molar-refractivity contribution in [3.05, 3.63) is 35.9 Å². The Balaban J connectivity index is 1.77. The Bertz CT molecular complexity index is 594. The van der Waals surface area contributed by atoms with Gasteiger partial charge in [-0.15, -0.1) is 0 Å². The molecule has 6 nitrogen and oxygen atoms in total. The molecule has 26 heavy (non-hydrogen) atoms. The van der Waals surface area contributed by atoms with Crippen LogP contribution < -0.4 is 16.0 Å². The lowest BCUT2D eigenvalue weighted by Gasteiger charge is -2.26. The molecule has 0 spiro atoms. The van der Waals surface area contributed by atoms with E-state index in [4.69, 9.17) is 0 Å². The zero-order valence-corrected chi connectivity index (χ0v) is 16.5. The Kier molecular flexibility index (Phi) is 7.45. The molecule has 0 aliphatic carbocycles. The summed E-state index contributed by atoms with van der Waals surface area (Å²) < 4.78 is 0. The summed E-state index contributed by atoms with van der Waals surface area (Å²) in [7, 11) is 1.73. The van der Waals surface area contributed by atoms with Gasteiger partial charge >= 0.3 is 0 Å². The van der Waals surface area contributed by atoms with Gasteiger partial charge in [-0.1, -0.05) is 30.3 Å². The molecule has 0 bridgehead atoms. The van der Waals surface area contributed by atoms with Crippen LogP contribution in [-0.2, 0) is 11.3 Å². The number of rotatable bonds is 6. The molecule has 2 rings (SSSR count). The van der Waals surface area contributed by atoms with Gasteiger partial charge in [0.2, 0.25) is 5.91 Å². The number of guanidine groups is 1. The van der Waals surface area contributed by atoms with Crippen LogP contribution in [0, 0.1) is 0 Å². The van der Waals surface area contributed by atoms with Gasteiger partial charge in [-0.05, 0) is 45.7 Å². The second kappa shape index (κ2) is 9.57. The van der Waals surface area contributed by atoms with E-state index in [1.165, 1.54) is 18.4 Å². The summed E-state index contributed by atoms with van der Waals surface area (Å²) in [5, 5.41) is 9.39. The Morgan fingerprint density at radius 3 is 2.62 bits per heavy atom. The van der Waals surface area contributed by atoms with Gasteiger partial charge < -0.3 is 16.0 Å². The normalized spacial score (nSPS) is 18.6. The molecule has 144 valence electrons. The summed E-state index contributed by atoms with van der Waals surface area (Å²) in [5.41, 5.74) is 1.12. The SMILES string of the molecule is CN=C(NCC(=O)NC(C)(C)C)NCC1CCCN1Cc1ccccc1. The van der Waals surface area contributed by atoms with Crippen LogP contribution >= 0.6 is 0 Å². The van der Waals surface area contributed by atoms with Crippen molar-refractivity contribution in [2.24, 2.45) is 4.99 Å². The highest BCUT2D eigenvalue weighted by Gasteiger charge is 2.24. The highest BCUT2D eigenvalue weighted by atomic mass is 16.2. The van der Waals surface area contributed by atoms with Gasteiger partial charge in [-0.3, -0.25) is 14.7 Å². The molecule has 1 heterocycles. The topological polar surface area (TPSA) is 68.8 Å². The van der Waals surface area contributed by atoms with Gasteiger partial charge in [0.1, 0.15) is 0 Å². The number of carbonyl (C=O) groups is 1. The number of nitrogens with zero attached hydrogens (tertiary/aromatic N) is 2. The third kappa shape index (κ3) is 7.04. The highest BCUT2D eigenvalue weighted by Crippen LogP contribution is 2.19. The molecule has 1 amide bonds. The van der Waals surface area contributed by atoms with E-state index >= 15 is 0 Å². The maximum Gasteiger partial charge on any atom is 0.239 e. The van der Waals surface area contributed by atoms with E-state index in [1.807, 2.05) is 20.8 Å². The third-order valence-corrected chi connectivity index (χ3v) is 4.39. The molecule has 6 heteroatoms. The van der Waals surface area contributed by atoms with E-state index in [-0.39, 0.29) is 18.0 Å². The summed E-state index contributed by atoms with van der Waals surface area (Å²) in [4.78, 5) is 18.7. The molecule has 0 radical (unpaired) electrons. The predicted octanol–water partition coefficient (Wildman–Crippen LogP) is 1.73. The lowest BCUT2D eigenvalue weighted by molar-refractivity contribution is -0.121. The molecule has 0 aromatic heterocycles. The fourth-order valence-corrected chi connectivity index (χ4v) is 3.21. The van der Waals surface area contributed by atoms with Crippen molar-refractivity contribution in [3.8, 4) is 0 Å². The molecule has 3 N–H and O–H groups in total. The zero-order valence-electron chi connectivity index (χ0n) is 16.5. The van der Waals surface area contributed by atoms with Crippen molar-refractivity contribution in [1.29, 1.82) is 0 Å². The summed E-state index contributed by atoms with van der Waals surface area (Å²) in [6.45, 7) is 9.06. The number of benzene rings is 1. The quantitative estimate of drug-likeness (QED) is 0.534. The van der Waals surface area contributed by atoms with Crippen molar-refractivity contribution < 1.29 is 4.79 Å². The van der Waals surface area contributed by atoms with E-state index in [1.54, 1.807) is 7.05 Å². The molecule has 1 aliphatic heterocycles. The first-order valence-corrected chi connectivity index (χ1v) is 9.41. The van der Waals surface area contributed by atoms with Crippen LogP contribution in [0.5, 0.6) is 0 Å². The molecule has 1 unspecified atom stereocenters. The van der Waals surface area contributed by atoms with E-state index in [0.717, 1.165) is 19.6 Å². The first-order valence-electron chi connectivity index (χ1n) is 9.41. The molecule has 0 saturated carbocycles. The van der Waals surface area contributed by atoms with E-state index in [2.05, 4.69) is 56.2 Å². The number of amides is 1. The first-order chi connectivity index (χ1) is 12.4. The molecule has 1 aromatic rings. The monoisotopic (exact) mass is 359 g/mol. The molecular weight excluding hydrogens is 326 g/mol. The maximum atomic E-state index is 11.9. The van der Waals surface area contributed by atoms with Crippen molar-refractivity contribution in [2.45, 2.75) is 51.7 Å². The summed E-state index contributed by atoms with van der Waals surface area (Å²) in [5.74, 6) is 0.632. The van der Waals surface area contributed by atoms with Crippen LogP contribution in [0.1, 0.15) is 39.2 Å². The number of carbonyl (C=O) groups excluding carboxylic acids is 1. The first kappa shape index (κ1) is 20.2. The molecule has 1 aromatic carbocycles. The van der Waals surface area contributed by atoms with Crippen LogP contribution in [0.25, 0.3) is 0 Å². The smallest absolute Gasteiger partial charge is 0.239 e. The van der Waals surface area contributed by atoms with Gasteiger partial charge in [-0.25, -0.2) is 0 Å². The standard InChI is InChI=1S/C20H33N5O/c1-20(2,3)24-18(26)14-23-19(21-4)22-13-17-11-8-12-25(17)15-16-9-6-5-7-10-16/h5-7,9-10,17H,8,11-15H2,1-4H3,(H,24,26)(H2,21,22,23). The van der Waals surface area contributed by atoms with Gasteiger partial charge in [0, 0.05) is 31.7 Å². The fourth-order valence-electron chi connectivity index (χ4n) is 3.21. The molecule has 1 atom stereocenters.